The number of nitrogens with one attached hydrogen (secondary N) is 1. The topological polar surface area (TPSA) is 50.7 Å². The Morgan fingerprint density at radius 2 is 2.00 bits per heavy atom. The number of carbonyl (C=O) groups is 1. The molecule has 0 spiro atoms. The Morgan fingerprint density at radius 1 is 1.29 bits per heavy atom. The maximum Gasteiger partial charge on any atom is 0.260 e. The summed E-state index contributed by atoms with van der Waals surface area (Å²) in [6, 6.07) is 8.44. The molecule has 0 saturated heterocycles. The summed E-state index contributed by atoms with van der Waals surface area (Å²) < 4.78 is 0. The van der Waals surface area contributed by atoms with Crippen molar-refractivity contribution in [2.24, 2.45) is 5.16 Å². The summed E-state index contributed by atoms with van der Waals surface area (Å²) in [6.07, 6.45) is 8.51. The van der Waals surface area contributed by atoms with Crippen molar-refractivity contribution in [3.8, 4) is 0 Å². The van der Waals surface area contributed by atoms with Crippen molar-refractivity contribution in [1.82, 2.24) is 5.32 Å². The highest BCUT2D eigenvalue weighted by atomic mass is 16.6. The molecule has 0 radical (unpaired) electrons. The fraction of sp³-hybridized carbons (Fsp3) is 0.529. The van der Waals surface area contributed by atoms with Gasteiger partial charge in [-0.15, -0.1) is 0 Å². The van der Waals surface area contributed by atoms with Gasteiger partial charge in [0.15, 0.2) is 6.61 Å². The number of rotatable bonds is 6. The lowest BCUT2D eigenvalue weighted by atomic mass is 9.95. The molecule has 2 rings (SSSR count). The summed E-state index contributed by atoms with van der Waals surface area (Å²) in [5.41, 5.74) is 2.26. The van der Waals surface area contributed by atoms with E-state index in [1.54, 1.807) is 6.21 Å². The van der Waals surface area contributed by atoms with E-state index in [1.807, 2.05) is 12.1 Å². The average molecular weight is 288 g/mol. The van der Waals surface area contributed by atoms with Gasteiger partial charge in [-0.25, -0.2) is 0 Å². The van der Waals surface area contributed by atoms with Gasteiger partial charge in [-0.1, -0.05) is 55.6 Å². The lowest BCUT2D eigenvalue weighted by Gasteiger charge is -2.22. The predicted molar refractivity (Wildman–Crippen MR) is 84.4 cm³/mol. The zero-order valence-electron chi connectivity index (χ0n) is 12.7. The quantitative estimate of drug-likeness (QED) is 0.646. The molecule has 0 heterocycles. The predicted octanol–water partition coefficient (Wildman–Crippen LogP) is 3.05. The number of oxime groups is 1. The lowest BCUT2D eigenvalue weighted by molar-refractivity contribution is -0.126. The van der Waals surface area contributed by atoms with Gasteiger partial charge in [0.2, 0.25) is 0 Å². The van der Waals surface area contributed by atoms with Crippen molar-refractivity contribution in [2.45, 2.75) is 51.5 Å². The van der Waals surface area contributed by atoms with Gasteiger partial charge in [-0.2, -0.15) is 0 Å². The minimum absolute atomic E-state index is 0.0138. The second-order valence-corrected chi connectivity index (χ2v) is 5.51. The molecule has 114 valence electrons. The summed E-state index contributed by atoms with van der Waals surface area (Å²) in [5.74, 6) is -0.0830. The SMILES string of the molecule is CCc1ccc(/C=N\OCC(=O)NC2CCCCC2)cc1. The minimum atomic E-state index is -0.0830. The number of carbonyl (C=O) groups excluding carboxylic acids is 1. The Morgan fingerprint density at radius 3 is 2.67 bits per heavy atom. The summed E-state index contributed by atoms with van der Waals surface area (Å²) in [7, 11) is 0. The van der Waals surface area contributed by atoms with Gasteiger partial charge in [-0.05, 0) is 30.4 Å². The van der Waals surface area contributed by atoms with Crippen molar-refractivity contribution >= 4 is 12.1 Å². The van der Waals surface area contributed by atoms with Gasteiger partial charge in [0.05, 0.1) is 6.21 Å². The fourth-order valence-corrected chi connectivity index (χ4v) is 2.55. The molecule has 0 bridgehead atoms. The third kappa shape index (κ3) is 5.58. The van der Waals surface area contributed by atoms with Crippen LogP contribution in [0.4, 0.5) is 0 Å². The van der Waals surface area contributed by atoms with Gasteiger partial charge in [0.1, 0.15) is 0 Å². The van der Waals surface area contributed by atoms with Gasteiger partial charge in [-0.3, -0.25) is 4.79 Å². The van der Waals surface area contributed by atoms with Crippen LogP contribution in [0.1, 0.15) is 50.2 Å². The molecule has 1 aliphatic carbocycles. The molecular weight excluding hydrogens is 264 g/mol. The summed E-state index contributed by atoms with van der Waals surface area (Å²) in [5, 5.41) is 6.84. The molecule has 21 heavy (non-hydrogen) atoms. The smallest absolute Gasteiger partial charge is 0.260 e. The molecule has 1 N–H and O–H groups in total. The van der Waals surface area contributed by atoms with Crippen LogP contribution in [0.2, 0.25) is 0 Å². The second kappa shape index (κ2) is 8.45. The molecule has 1 aromatic carbocycles. The van der Waals surface area contributed by atoms with E-state index < -0.39 is 0 Å². The van der Waals surface area contributed by atoms with Gasteiger partial charge in [0.25, 0.3) is 5.91 Å². The van der Waals surface area contributed by atoms with Crippen molar-refractivity contribution < 1.29 is 9.63 Å². The van der Waals surface area contributed by atoms with Crippen LogP contribution in [0.5, 0.6) is 0 Å². The monoisotopic (exact) mass is 288 g/mol. The van der Waals surface area contributed by atoms with E-state index in [2.05, 4.69) is 29.5 Å². The number of benzene rings is 1. The second-order valence-electron chi connectivity index (χ2n) is 5.51. The highest BCUT2D eigenvalue weighted by molar-refractivity contribution is 5.80. The normalized spacial score (nSPS) is 16.0. The number of nitrogens with zero attached hydrogens (tertiary/aromatic N) is 1. The Kier molecular flexibility index (Phi) is 6.25. The average Bonchev–Trinajstić information content (AvgIpc) is 2.53. The first-order valence-electron chi connectivity index (χ1n) is 7.81. The fourth-order valence-electron chi connectivity index (χ4n) is 2.55. The first-order chi connectivity index (χ1) is 10.3. The van der Waals surface area contributed by atoms with Crippen LogP contribution in [0, 0.1) is 0 Å². The molecular formula is C17H24N2O2. The molecule has 0 atom stereocenters. The van der Waals surface area contributed by atoms with Crippen LogP contribution in [-0.2, 0) is 16.1 Å². The Bertz CT molecular complexity index is 462. The Labute approximate surface area is 126 Å². The summed E-state index contributed by atoms with van der Waals surface area (Å²) >= 11 is 0. The van der Waals surface area contributed by atoms with Gasteiger partial charge >= 0.3 is 0 Å². The Balaban J connectivity index is 1.67. The van der Waals surface area contributed by atoms with E-state index in [-0.39, 0.29) is 12.5 Å². The van der Waals surface area contributed by atoms with E-state index in [0.29, 0.717) is 6.04 Å². The summed E-state index contributed by atoms with van der Waals surface area (Å²) in [6.45, 7) is 2.11. The van der Waals surface area contributed by atoms with E-state index >= 15 is 0 Å². The molecule has 0 aliphatic heterocycles. The maximum absolute atomic E-state index is 11.7. The van der Waals surface area contributed by atoms with Crippen LogP contribution in [-0.4, -0.2) is 24.8 Å². The molecule has 1 aliphatic rings. The largest absolute Gasteiger partial charge is 0.386 e. The van der Waals surface area contributed by atoms with Crippen molar-refractivity contribution in [1.29, 1.82) is 0 Å². The molecule has 4 heteroatoms. The van der Waals surface area contributed by atoms with E-state index in [0.717, 1.165) is 24.8 Å². The van der Waals surface area contributed by atoms with Gasteiger partial charge < -0.3 is 10.2 Å². The third-order valence-corrected chi connectivity index (χ3v) is 3.83. The number of aryl methyl sites for hydroxylation is 1. The molecule has 0 aromatic heterocycles. The van der Waals surface area contributed by atoms with E-state index in [4.69, 9.17) is 4.84 Å². The van der Waals surface area contributed by atoms with Gasteiger partial charge in [0, 0.05) is 6.04 Å². The molecule has 4 nitrogen and oxygen atoms in total. The van der Waals surface area contributed by atoms with Crippen molar-refractivity contribution in [3.63, 3.8) is 0 Å². The first kappa shape index (κ1) is 15.5. The standard InChI is InChI=1S/C17H24N2O2/c1-2-14-8-10-15(11-9-14)12-18-21-13-17(20)19-16-6-4-3-5-7-16/h8-12,16H,2-7,13H2,1H3,(H,19,20)/b18-12-. The van der Waals surface area contributed by atoms with Crippen LogP contribution in [0.3, 0.4) is 0 Å². The van der Waals surface area contributed by atoms with Crippen LogP contribution in [0.15, 0.2) is 29.4 Å². The summed E-state index contributed by atoms with van der Waals surface area (Å²) in [4.78, 5) is 16.8. The molecule has 1 aromatic rings. The molecule has 1 amide bonds. The van der Waals surface area contributed by atoms with E-state index in [9.17, 15) is 4.79 Å². The van der Waals surface area contributed by atoms with Crippen LogP contribution in [0.25, 0.3) is 0 Å². The van der Waals surface area contributed by atoms with E-state index in [1.165, 1.54) is 24.8 Å². The first-order valence-corrected chi connectivity index (χ1v) is 7.81. The molecule has 1 fully saturated rings. The third-order valence-electron chi connectivity index (χ3n) is 3.83. The van der Waals surface area contributed by atoms with Crippen LogP contribution < -0.4 is 5.32 Å². The molecule has 0 unspecified atom stereocenters. The zero-order chi connectivity index (χ0) is 14.9. The molecule has 1 saturated carbocycles. The maximum atomic E-state index is 11.7. The zero-order valence-corrected chi connectivity index (χ0v) is 12.7. The Hall–Kier alpha value is -1.84. The highest BCUT2D eigenvalue weighted by Crippen LogP contribution is 2.17. The number of hydrogen-bond donors (Lipinski definition) is 1. The number of hydrogen-bond acceptors (Lipinski definition) is 3. The van der Waals surface area contributed by atoms with Crippen molar-refractivity contribution in [3.05, 3.63) is 35.4 Å². The highest BCUT2D eigenvalue weighted by Gasteiger charge is 2.15. The lowest BCUT2D eigenvalue weighted by Crippen LogP contribution is -2.38. The van der Waals surface area contributed by atoms with Crippen LogP contribution >= 0.6 is 0 Å². The minimum Gasteiger partial charge on any atom is -0.386 e. The number of amides is 1. The van der Waals surface area contributed by atoms with Crippen molar-refractivity contribution in [2.75, 3.05) is 6.61 Å².